The van der Waals surface area contributed by atoms with Crippen LogP contribution < -0.4 is 5.32 Å². The van der Waals surface area contributed by atoms with Gasteiger partial charge in [-0.25, -0.2) is 0 Å². The molecular weight excluding hydrogens is 270 g/mol. The zero-order valence-electron chi connectivity index (χ0n) is 11.3. The van der Waals surface area contributed by atoms with Gasteiger partial charge in [0.2, 0.25) is 11.8 Å². The van der Waals surface area contributed by atoms with Gasteiger partial charge in [0.15, 0.2) is 0 Å². The van der Waals surface area contributed by atoms with Gasteiger partial charge in [0, 0.05) is 23.0 Å². The molecule has 2 aliphatic heterocycles. The molecule has 3 heterocycles. The Morgan fingerprint density at radius 2 is 2.10 bits per heavy atom. The first kappa shape index (κ1) is 12.4. The predicted molar refractivity (Wildman–Crippen MR) is 75.4 cm³/mol. The molecule has 1 aromatic carbocycles. The highest BCUT2D eigenvalue weighted by Crippen LogP contribution is 2.31. The van der Waals surface area contributed by atoms with Crippen LogP contribution in [0.2, 0.25) is 0 Å². The third-order valence-electron chi connectivity index (χ3n) is 4.39. The lowest BCUT2D eigenvalue weighted by Crippen LogP contribution is -2.65. The van der Waals surface area contributed by atoms with E-state index in [0.29, 0.717) is 13.0 Å². The highest BCUT2D eigenvalue weighted by Gasteiger charge is 2.43. The zero-order chi connectivity index (χ0) is 14.6. The summed E-state index contributed by atoms with van der Waals surface area (Å²) in [7, 11) is 0. The van der Waals surface area contributed by atoms with E-state index in [2.05, 4.69) is 10.3 Å². The van der Waals surface area contributed by atoms with Crippen LogP contribution in [-0.2, 0) is 22.6 Å². The van der Waals surface area contributed by atoms with Crippen molar-refractivity contribution in [2.75, 3.05) is 6.61 Å². The van der Waals surface area contributed by atoms with E-state index in [9.17, 15) is 14.7 Å². The molecule has 1 aromatic heterocycles. The molecule has 0 saturated carbocycles. The van der Waals surface area contributed by atoms with Crippen LogP contribution in [0.15, 0.2) is 24.3 Å². The summed E-state index contributed by atoms with van der Waals surface area (Å²) < 4.78 is 0. The van der Waals surface area contributed by atoms with Crippen molar-refractivity contribution < 1.29 is 14.7 Å². The Kier molecular flexibility index (Phi) is 2.56. The number of piperazine rings is 1. The second kappa shape index (κ2) is 4.33. The van der Waals surface area contributed by atoms with Gasteiger partial charge in [-0.05, 0) is 11.6 Å². The van der Waals surface area contributed by atoms with E-state index >= 15 is 0 Å². The molecule has 6 heteroatoms. The second-order valence-electron chi connectivity index (χ2n) is 5.56. The van der Waals surface area contributed by atoms with E-state index in [-0.39, 0.29) is 18.4 Å². The Hall–Kier alpha value is -2.34. The number of carbonyl (C=O) groups is 2. The summed E-state index contributed by atoms with van der Waals surface area (Å²) >= 11 is 0. The number of amides is 2. The fourth-order valence-corrected chi connectivity index (χ4v) is 3.33. The molecule has 21 heavy (non-hydrogen) atoms. The van der Waals surface area contributed by atoms with Crippen molar-refractivity contribution in [2.24, 2.45) is 0 Å². The van der Waals surface area contributed by atoms with Crippen LogP contribution in [0.3, 0.4) is 0 Å². The summed E-state index contributed by atoms with van der Waals surface area (Å²) in [6.07, 6.45) is 0.509. The molecule has 0 aliphatic carbocycles. The quantitative estimate of drug-likeness (QED) is 0.684. The maximum Gasteiger partial charge on any atom is 0.248 e. The third kappa shape index (κ3) is 1.69. The summed E-state index contributed by atoms with van der Waals surface area (Å²) in [5, 5.41) is 12.9. The summed E-state index contributed by atoms with van der Waals surface area (Å²) in [6, 6.07) is 6.64. The van der Waals surface area contributed by atoms with Gasteiger partial charge in [0.25, 0.3) is 0 Å². The van der Waals surface area contributed by atoms with E-state index in [1.165, 1.54) is 0 Å². The molecule has 0 bridgehead atoms. The first-order chi connectivity index (χ1) is 10.2. The van der Waals surface area contributed by atoms with Crippen LogP contribution in [0.5, 0.6) is 0 Å². The molecule has 108 valence electrons. The minimum Gasteiger partial charge on any atom is -0.394 e. The van der Waals surface area contributed by atoms with Gasteiger partial charge in [-0.1, -0.05) is 18.2 Å². The van der Waals surface area contributed by atoms with E-state index in [1.54, 1.807) is 4.90 Å². The Bertz CT molecular complexity index is 752. The minimum absolute atomic E-state index is 0.190. The van der Waals surface area contributed by atoms with Crippen LogP contribution in [0.1, 0.15) is 11.3 Å². The molecule has 0 radical (unpaired) electrons. The van der Waals surface area contributed by atoms with E-state index in [0.717, 1.165) is 22.2 Å². The van der Waals surface area contributed by atoms with Crippen LogP contribution >= 0.6 is 0 Å². The number of hydrogen-bond acceptors (Lipinski definition) is 3. The highest BCUT2D eigenvalue weighted by molar-refractivity contribution is 5.98. The molecule has 1 fully saturated rings. The van der Waals surface area contributed by atoms with E-state index < -0.39 is 12.1 Å². The van der Waals surface area contributed by atoms with E-state index in [1.807, 2.05) is 24.3 Å². The fraction of sp³-hybridized carbons (Fsp3) is 0.333. The molecular formula is C15H15N3O3. The molecule has 2 amide bonds. The number of carbonyl (C=O) groups excluding carboxylic acids is 2. The lowest BCUT2D eigenvalue weighted by atomic mass is 9.93. The van der Waals surface area contributed by atoms with Crippen molar-refractivity contribution in [3.63, 3.8) is 0 Å². The van der Waals surface area contributed by atoms with Gasteiger partial charge in [0.05, 0.1) is 13.2 Å². The number of aliphatic hydroxyl groups is 1. The van der Waals surface area contributed by atoms with Crippen LogP contribution in [0.25, 0.3) is 10.9 Å². The molecule has 2 aromatic rings. The van der Waals surface area contributed by atoms with Crippen LogP contribution in [0.4, 0.5) is 0 Å². The smallest absolute Gasteiger partial charge is 0.248 e. The Labute approximate surface area is 120 Å². The molecule has 0 unspecified atom stereocenters. The Morgan fingerprint density at radius 1 is 1.29 bits per heavy atom. The Morgan fingerprint density at radius 3 is 2.90 bits per heavy atom. The lowest BCUT2D eigenvalue weighted by Gasteiger charge is -2.41. The maximum atomic E-state index is 12.3. The van der Waals surface area contributed by atoms with Crippen molar-refractivity contribution in [1.82, 2.24) is 15.2 Å². The largest absolute Gasteiger partial charge is 0.394 e. The number of H-pyrrole nitrogens is 1. The number of aliphatic hydroxyl groups excluding tert-OH is 1. The monoisotopic (exact) mass is 285 g/mol. The average Bonchev–Trinajstić information content (AvgIpc) is 2.87. The molecule has 3 N–H and O–H groups in total. The number of hydrogen-bond donors (Lipinski definition) is 3. The van der Waals surface area contributed by atoms with Crippen LogP contribution in [0, 0.1) is 0 Å². The second-order valence-corrected chi connectivity index (χ2v) is 5.56. The van der Waals surface area contributed by atoms with Crippen molar-refractivity contribution >= 4 is 22.7 Å². The molecule has 0 spiro atoms. The van der Waals surface area contributed by atoms with Gasteiger partial charge in [-0.2, -0.15) is 0 Å². The molecule has 6 nitrogen and oxygen atoms in total. The lowest BCUT2D eigenvalue weighted by molar-refractivity contribution is -0.151. The number of rotatable bonds is 1. The van der Waals surface area contributed by atoms with Gasteiger partial charge in [-0.3, -0.25) is 9.59 Å². The first-order valence-corrected chi connectivity index (χ1v) is 6.99. The topological polar surface area (TPSA) is 85.4 Å². The summed E-state index contributed by atoms with van der Waals surface area (Å²) in [6.45, 7) is 0.0186. The number of benzene rings is 1. The van der Waals surface area contributed by atoms with Gasteiger partial charge < -0.3 is 20.3 Å². The predicted octanol–water partition coefficient (Wildman–Crippen LogP) is -0.0881. The number of aromatic nitrogens is 1. The maximum absolute atomic E-state index is 12.3. The van der Waals surface area contributed by atoms with E-state index in [4.69, 9.17) is 0 Å². The average molecular weight is 285 g/mol. The minimum atomic E-state index is -0.820. The number of nitrogens with zero attached hydrogens (tertiary/aromatic N) is 1. The molecule has 2 atom stereocenters. The summed E-state index contributed by atoms with van der Waals surface area (Å²) in [4.78, 5) is 29.4. The van der Waals surface area contributed by atoms with Crippen molar-refractivity contribution in [3.8, 4) is 0 Å². The number of aromatic amines is 1. The standard InChI is InChI=1S/C15H15N3O3/c19-7-12-15(21)18-6-11-9(5-13(18)14(20)17-12)8-3-1-2-4-10(8)16-11/h1-4,12-13,16,19H,5-7H2,(H,17,20)/t12-,13-/m0/s1. The summed E-state index contributed by atoms with van der Waals surface area (Å²) in [5.41, 5.74) is 3.11. The molecule has 1 saturated heterocycles. The van der Waals surface area contributed by atoms with Crippen LogP contribution in [-0.4, -0.2) is 45.5 Å². The first-order valence-electron chi connectivity index (χ1n) is 6.99. The summed E-state index contributed by atoms with van der Waals surface area (Å²) in [5.74, 6) is -0.406. The van der Waals surface area contributed by atoms with Gasteiger partial charge >= 0.3 is 0 Å². The fourth-order valence-electron chi connectivity index (χ4n) is 3.33. The Balaban J connectivity index is 1.79. The number of para-hydroxylation sites is 1. The van der Waals surface area contributed by atoms with Crippen molar-refractivity contribution in [2.45, 2.75) is 25.0 Å². The van der Waals surface area contributed by atoms with Crippen molar-refractivity contribution in [3.05, 3.63) is 35.5 Å². The zero-order valence-corrected chi connectivity index (χ0v) is 11.3. The number of nitrogens with one attached hydrogen (secondary N) is 2. The van der Waals surface area contributed by atoms with Gasteiger partial charge in [0.1, 0.15) is 12.1 Å². The molecule has 4 rings (SSSR count). The number of fused-ring (bicyclic) bond motifs is 4. The highest BCUT2D eigenvalue weighted by atomic mass is 16.3. The third-order valence-corrected chi connectivity index (χ3v) is 4.39. The SMILES string of the molecule is O=C1N[C@@H](CO)C(=O)N2Cc3[nH]c4ccccc4c3C[C@@H]12. The van der Waals surface area contributed by atoms with Gasteiger partial charge in [-0.15, -0.1) is 0 Å². The van der Waals surface area contributed by atoms with Crippen molar-refractivity contribution in [1.29, 1.82) is 0 Å². The molecule has 2 aliphatic rings. The normalized spacial score (nSPS) is 24.7.